The van der Waals surface area contributed by atoms with Crippen molar-refractivity contribution in [3.8, 4) is 5.69 Å². The Kier molecular flexibility index (Phi) is 8.15. The van der Waals surface area contributed by atoms with Crippen LogP contribution < -0.4 is 11.1 Å². The Morgan fingerprint density at radius 3 is 2.44 bits per heavy atom. The van der Waals surface area contributed by atoms with Crippen LogP contribution in [0.3, 0.4) is 0 Å². The fourth-order valence-electron chi connectivity index (χ4n) is 2.42. The number of hydrogen-bond acceptors (Lipinski definition) is 4. The standard InChI is InChI=1S/C16H21Cl2N5O.ClH/c1-9(2)7-11(8-19)21-16(24)15-20-10(3)23(22-15)14-12(17)5-4-6-13(14)18;/h4-6,9,11H,7-8,19H2,1-3H3,(H,21,24);1H. The van der Waals surface area contributed by atoms with Crippen molar-refractivity contribution in [3.63, 3.8) is 0 Å². The predicted molar refractivity (Wildman–Crippen MR) is 103 cm³/mol. The fraction of sp³-hybridized carbons (Fsp3) is 0.438. The van der Waals surface area contributed by atoms with Crippen molar-refractivity contribution in [2.75, 3.05) is 6.54 Å². The maximum absolute atomic E-state index is 12.4. The van der Waals surface area contributed by atoms with Crippen molar-refractivity contribution in [1.29, 1.82) is 0 Å². The Balaban J connectivity index is 0.00000312. The first-order chi connectivity index (χ1) is 11.3. The predicted octanol–water partition coefficient (Wildman–Crippen LogP) is 3.41. The Morgan fingerprint density at radius 1 is 1.32 bits per heavy atom. The second kappa shape index (κ2) is 9.38. The number of halogens is 3. The number of nitrogens with two attached hydrogens (primary N) is 1. The maximum Gasteiger partial charge on any atom is 0.291 e. The first kappa shape index (κ1) is 21.7. The molecule has 1 amide bonds. The molecular weight excluding hydrogens is 385 g/mol. The molecule has 6 nitrogen and oxygen atoms in total. The van der Waals surface area contributed by atoms with E-state index in [4.69, 9.17) is 28.9 Å². The maximum atomic E-state index is 12.4. The van der Waals surface area contributed by atoms with Gasteiger partial charge in [-0.1, -0.05) is 43.1 Å². The first-order valence-electron chi connectivity index (χ1n) is 7.72. The van der Waals surface area contributed by atoms with Crippen LogP contribution in [0.1, 0.15) is 36.7 Å². The average Bonchev–Trinajstić information content (AvgIpc) is 2.88. The van der Waals surface area contributed by atoms with E-state index in [9.17, 15) is 4.79 Å². The quantitative estimate of drug-likeness (QED) is 0.769. The minimum absolute atomic E-state index is 0. The fourth-order valence-corrected chi connectivity index (χ4v) is 2.98. The van der Waals surface area contributed by atoms with E-state index in [1.807, 2.05) is 0 Å². The van der Waals surface area contributed by atoms with Gasteiger partial charge in [0.1, 0.15) is 11.5 Å². The molecule has 0 fully saturated rings. The molecule has 0 bridgehead atoms. The second-order valence-electron chi connectivity index (χ2n) is 6.00. The van der Waals surface area contributed by atoms with E-state index in [0.29, 0.717) is 34.0 Å². The Morgan fingerprint density at radius 2 is 1.92 bits per heavy atom. The molecule has 1 atom stereocenters. The molecule has 9 heteroatoms. The van der Waals surface area contributed by atoms with Gasteiger partial charge in [-0.05, 0) is 31.4 Å². The second-order valence-corrected chi connectivity index (χ2v) is 6.81. The molecule has 0 aliphatic rings. The highest BCUT2D eigenvalue weighted by molar-refractivity contribution is 6.37. The van der Waals surface area contributed by atoms with E-state index < -0.39 is 0 Å². The summed E-state index contributed by atoms with van der Waals surface area (Å²) in [5.41, 5.74) is 6.22. The van der Waals surface area contributed by atoms with Gasteiger partial charge in [0.05, 0.1) is 10.0 Å². The highest BCUT2D eigenvalue weighted by atomic mass is 35.5. The summed E-state index contributed by atoms with van der Waals surface area (Å²) in [7, 11) is 0. The number of nitrogens with one attached hydrogen (secondary N) is 1. The van der Waals surface area contributed by atoms with Crippen LogP contribution in [0.2, 0.25) is 10.0 Å². The van der Waals surface area contributed by atoms with Crippen LogP contribution in [0.5, 0.6) is 0 Å². The van der Waals surface area contributed by atoms with Crippen molar-refractivity contribution >= 4 is 41.5 Å². The summed E-state index contributed by atoms with van der Waals surface area (Å²) in [6.07, 6.45) is 0.790. The van der Waals surface area contributed by atoms with E-state index in [1.165, 1.54) is 4.68 Å². The molecule has 0 radical (unpaired) electrons. The zero-order chi connectivity index (χ0) is 17.9. The number of para-hydroxylation sites is 1. The van der Waals surface area contributed by atoms with Crippen LogP contribution in [0, 0.1) is 12.8 Å². The third-order valence-corrected chi connectivity index (χ3v) is 4.11. The van der Waals surface area contributed by atoms with E-state index >= 15 is 0 Å². The number of carbonyl (C=O) groups excluding carboxylic acids is 1. The van der Waals surface area contributed by atoms with Crippen LogP contribution in [-0.2, 0) is 0 Å². The summed E-state index contributed by atoms with van der Waals surface area (Å²) < 4.78 is 1.47. The highest BCUT2D eigenvalue weighted by Crippen LogP contribution is 2.28. The molecule has 0 spiro atoms. The molecule has 1 aromatic heterocycles. The summed E-state index contributed by atoms with van der Waals surface area (Å²) in [5, 5.41) is 7.98. The third-order valence-electron chi connectivity index (χ3n) is 3.50. The van der Waals surface area contributed by atoms with E-state index in [-0.39, 0.29) is 30.2 Å². The SMILES string of the molecule is Cc1nc(C(=O)NC(CN)CC(C)C)nn1-c1c(Cl)cccc1Cl.Cl. The van der Waals surface area contributed by atoms with Gasteiger partial charge in [-0.25, -0.2) is 9.67 Å². The summed E-state index contributed by atoms with van der Waals surface area (Å²) in [4.78, 5) is 16.6. The van der Waals surface area contributed by atoms with E-state index in [0.717, 1.165) is 6.42 Å². The zero-order valence-electron chi connectivity index (χ0n) is 14.3. The molecule has 1 heterocycles. The molecule has 25 heavy (non-hydrogen) atoms. The van der Waals surface area contributed by atoms with E-state index in [2.05, 4.69) is 29.2 Å². The van der Waals surface area contributed by atoms with Crippen molar-refractivity contribution in [3.05, 3.63) is 39.9 Å². The van der Waals surface area contributed by atoms with Gasteiger partial charge in [-0.3, -0.25) is 4.79 Å². The third kappa shape index (κ3) is 5.31. The van der Waals surface area contributed by atoms with Gasteiger partial charge in [0, 0.05) is 12.6 Å². The van der Waals surface area contributed by atoms with Gasteiger partial charge in [0.15, 0.2) is 0 Å². The van der Waals surface area contributed by atoms with Gasteiger partial charge in [0.2, 0.25) is 5.82 Å². The lowest BCUT2D eigenvalue weighted by molar-refractivity contribution is 0.0923. The lowest BCUT2D eigenvalue weighted by atomic mass is 10.0. The molecule has 0 aliphatic carbocycles. The molecular formula is C16H22Cl3N5O. The van der Waals surface area contributed by atoms with Gasteiger partial charge < -0.3 is 11.1 Å². The Bertz CT molecular complexity index is 712. The van der Waals surface area contributed by atoms with Crippen LogP contribution in [-0.4, -0.2) is 33.3 Å². The molecule has 0 saturated carbocycles. The number of carbonyl (C=O) groups is 1. The molecule has 2 rings (SSSR count). The number of benzene rings is 1. The van der Waals surface area contributed by atoms with Crippen LogP contribution in [0.4, 0.5) is 0 Å². The minimum atomic E-state index is -0.365. The molecule has 138 valence electrons. The topological polar surface area (TPSA) is 85.8 Å². The van der Waals surface area contributed by atoms with Crippen molar-refractivity contribution in [1.82, 2.24) is 20.1 Å². The summed E-state index contributed by atoms with van der Waals surface area (Å²) in [6, 6.07) is 5.04. The molecule has 0 aliphatic heterocycles. The molecule has 2 aromatic rings. The molecule has 3 N–H and O–H groups in total. The van der Waals surface area contributed by atoms with Crippen molar-refractivity contribution < 1.29 is 4.79 Å². The van der Waals surface area contributed by atoms with Gasteiger partial charge in [0.25, 0.3) is 5.91 Å². The lowest BCUT2D eigenvalue weighted by Crippen LogP contribution is -2.41. The molecule has 0 saturated heterocycles. The summed E-state index contributed by atoms with van der Waals surface area (Å²) in [6.45, 7) is 6.24. The smallest absolute Gasteiger partial charge is 0.291 e. The lowest BCUT2D eigenvalue weighted by Gasteiger charge is -2.17. The number of aromatic nitrogens is 3. The molecule has 1 aromatic carbocycles. The Hall–Kier alpha value is -1.34. The minimum Gasteiger partial charge on any atom is -0.345 e. The van der Waals surface area contributed by atoms with Crippen LogP contribution in [0.15, 0.2) is 18.2 Å². The number of hydrogen-bond donors (Lipinski definition) is 2. The van der Waals surface area contributed by atoms with Gasteiger partial charge >= 0.3 is 0 Å². The normalized spacial score (nSPS) is 12.0. The zero-order valence-corrected chi connectivity index (χ0v) is 16.6. The Labute approximate surface area is 163 Å². The van der Waals surface area contributed by atoms with Crippen LogP contribution in [0.25, 0.3) is 5.69 Å². The van der Waals surface area contributed by atoms with Crippen molar-refractivity contribution in [2.24, 2.45) is 11.7 Å². The monoisotopic (exact) mass is 405 g/mol. The highest BCUT2D eigenvalue weighted by Gasteiger charge is 2.20. The number of amides is 1. The van der Waals surface area contributed by atoms with Crippen molar-refractivity contribution in [2.45, 2.75) is 33.2 Å². The van der Waals surface area contributed by atoms with E-state index in [1.54, 1.807) is 25.1 Å². The summed E-state index contributed by atoms with van der Waals surface area (Å²) in [5.74, 6) is 0.637. The van der Waals surface area contributed by atoms with Gasteiger partial charge in [-0.2, -0.15) is 0 Å². The summed E-state index contributed by atoms with van der Waals surface area (Å²) >= 11 is 12.4. The first-order valence-corrected chi connectivity index (χ1v) is 8.48. The number of aryl methyl sites for hydroxylation is 1. The average molecular weight is 407 g/mol. The van der Waals surface area contributed by atoms with Gasteiger partial charge in [-0.15, -0.1) is 17.5 Å². The molecule has 1 unspecified atom stereocenters. The largest absolute Gasteiger partial charge is 0.345 e. The number of nitrogens with zero attached hydrogens (tertiary/aromatic N) is 3. The van der Waals surface area contributed by atoms with Crippen LogP contribution >= 0.6 is 35.6 Å². The number of rotatable bonds is 6.